The molecule has 3 aromatic rings. The molecule has 2 aromatic heterocycles. The summed E-state index contributed by atoms with van der Waals surface area (Å²) in [6.45, 7) is 2.49. The molecule has 0 atom stereocenters. The van der Waals surface area contributed by atoms with Crippen molar-refractivity contribution in [3.63, 3.8) is 0 Å². The Balaban J connectivity index is 1.45. The monoisotopic (exact) mass is 439 g/mol. The Morgan fingerprint density at radius 3 is 2.44 bits per heavy atom. The molecule has 3 heterocycles. The van der Waals surface area contributed by atoms with E-state index < -0.39 is 11.2 Å². The van der Waals surface area contributed by atoms with Crippen LogP contribution in [0.15, 0.2) is 46.1 Å². The van der Waals surface area contributed by atoms with Gasteiger partial charge in [0.05, 0.1) is 25.1 Å². The molecule has 1 fully saturated rings. The molecule has 4 rings (SSSR count). The average molecular weight is 439 g/mol. The summed E-state index contributed by atoms with van der Waals surface area (Å²) in [6.07, 6.45) is 1.81. The average Bonchev–Trinajstić information content (AvgIpc) is 2.83. The first kappa shape index (κ1) is 21.4. The molecule has 0 saturated carbocycles. The van der Waals surface area contributed by atoms with Gasteiger partial charge in [0.15, 0.2) is 11.5 Å². The number of amides is 1. The molecule has 0 aliphatic carbocycles. The van der Waals surface area contributed by atoms with Gasteiger partial charge in [-0.3, -0.25) is 14.2 Å². The van der Waals surface area contributed by atoms with Crippen molar-refractivity contribution in [2.45, 2.75) is 13.0 Å². The summed E-state index contributed by atoms with van der Waals surface area (Å²) < 4.78 is 11.5. The molecule has 1 saturated heterocycles. The number of hydrogen-bond acceptors (Lipinski definition) is 7. The number of nitrogens with one attached hydrogen (secondary N) is 1. The summed E-state index contributed by atoms with van der Waals surface area (Å²) in [6, 6.07) is 8.83. The second-order valence-corrected chi connectivity index (χ2v) is 7.45. The Morgan fingerprint density at radius 1 is 1.06 bits per heavy atom. The number of aromatic nitrogens is 3. The number of piperazine rings is 1. The molecule has 32 heavy (non-hydrogen) atoms. The van der Waals surface area contributed by atoms with E-state index in [0.717, 1.165) is 10.4 Å². The van der Waals surface area contributed by atoms with Gasteiger partial charge in [-0.05, 0) is 18.2 Å². The summed E-state index contributed by atoms with van der Waals surface area (Å²) in [5.74, 6) is 1.59. The molecule has 0 spiro atoms. The first-order valence-electron chi connectivity index (χ1n) is 10.3. The van der Waals surface area contributed by atoms with E-state index in [-0.39, 0.29) is 18.9 Å². The van der Waals surface area contributed by atoms with Gasteiger partial charge in [0.2, 0.25) is 5.91 Å². The lowest BCUT2D eigenvalue weighted by molar-refractivity contribution is -0.131. The normalized spacial score (nSPS) is 13.9. The fraction of sp³-hybridized carbons (Fsp3) is 0.364. The SMILES string of the molecule is COc1cc2[nH]c(=O)n(CCC(=O)N3CCN(c4ccccn4)CC3)c(=O)c2cc1OC. The highest BCUT2D eigenvalue weighted by atomic mass is 16.5. The minimum atomic E-state index is -0.567. The maximum absolute atomic E-state index is 12.9. The minimum absolute atomic E-state index is 0.00224. The molecule has 1 aliphatic rings. The number of aromatic amines is 1. The first-order valence-corrected chi connectivity index (χ1v) is 10.3. The summed E-state index contributed by atoms with van der Waals surface area (Å²) in [5, 5.41) is 0.290. The Bertz CT molecular complexity index is 1230. The predicted octanol–water partition coefficient (Wildman–Crippen LogP) is 0.841. The number of anilines is 1. The van der Waals surface area contributed by atoms with Crippen LogP contribution in [-0.4, -0.2) is 65.7 Å². The van der Waals surface area contributed by atoms with Gasteiger partial charge in [0.1, 0.15) is 5.82 Å². The van der Waals surface area contributed by atoms with Crippen LogP contribution in [0.5, 0.6) is 11.5 Å². The van der Waals surface area contributed by atoms with Gasteiger partial charge in [-0.1, -0.05) is 6.07 Å². The van der Waals surface area contributed by atoms with Gasteiger partial charge in [-0.15, -0.1) is 0 Å². The number of ether oxygens (including phenoxy) is 2. The number of methoxy groups -OCH3 is 2. The van der Waals surface area contributed by atoms with Crippen molar-refractivity contribution < 1.29 is 14.3 Å². The van der Waals surface area contributed by atoms with E-state index in [1.165, 1.54) is 20.3 Å². The van der Waals surface area contributed by atoms with Crippen molar-refractivity contribution in [3.8, 4) is 11.5 Å². The standard InChI is InChI=1S/C22H25N5O5/c1-31-17-13-15-16(14-18(17)32-2)24-22(30)27(21(15)29)8-6-20(28)26-11-9-25(10-12-26)19-5-3-4-7-23-19/h3-5,7,13-14H,6,8-12H2,1-2H3,(H,24,30). The van der Waals surface area contributed by atoms with Crippen molar-refractivity contribution in [1.82, 2.24) is 19.4 Å². The van der Waals surface area contributed by atoms with E-state index in [1.807, 2.05) is 18.2 Å². The predicted molar refractivity (Wildman–Crippen MR) is 120 cm³/mol. The van der Waals surface area contributed by atoms with Crippen LogP contribution in [0.25, 0.3) is 10.9 Å². The lowest BCUT2D eigenvalue weighted by Gasteiger charge is -2.35. The van der Waals surface area contributed by atoms with Crippen molar-refractivity contribution in [3.05, 3.63) is 57.4 Å². The van der Waals surface area contributed by atoms with Crippen LogP contribution < -0.4 is 25.6 Å². The van der Waals surface area contributed by atoms with Crippen LogP contribution in [0.4, 0.5) is 5.82 Å². The van der Waals surface area contributed by atoms with Gasteiger partial charge in [-0.2, -0.15) is 0 Å². The van der Waals surface area contributed by atoms with Crippen LogP contribution in [0.2, 0.25) is 0 Å². The van der Waals surface area contributed by atoms with E-state index in [9.17, 15) is 14.4 Å². The lowest BCUT2D eigenvalue weighted by Crippen LogP contribution is -2.49. The number of hydrogen-bond donors (Lipinski definition) is 1. The molecule has 0 unspecified atom stereocenters. The Morgan fingerprint density at radius 2 is 1.78 bits per heavy atom. The molecule has 1 aromatic carbocycles. The van der Waals surface area contributed by atoms with E-state index in [2.05, 4.69) is 14.9 Å². The zero-order valence-electron chi connectivity index (χ0n) is 18.0. The van der Waals surface area contributed by atoms with Gasteiger partial charge < -0.3 is 24.3 Å². The van der Waals surface area contributed by atoms with E-state index in [0.29, 0.717) is 48.6 Å². The molecule has 1 N–H and O–H groups in total. The van der Waals surface area contributed by atoms with Gasteiger partial charge in [0, 0.05) is 51.4 Å². The minimum Gasteiger partial charge on any atom is -0.493 e. The van der Waals surface area contributed by atoms with Gasteiger partial charge in [-0.25, -0.2) is 9.78 Å². The third kappa shape index (κ3) is 4.16. The number of H-pyrrole nitrogens is 1. The van der Waals surface area contributed by atoms with Gasteiger partial charge >= 0.3 is 5.69 Å². The quantitative estimate of drug-likeness (QED) is 0.606. The molecule has 0 bridgehead atoms. The van der Waals surface area contributed by atoms with E-state index in [4.69, 9.17) is 9.47 Å². The number of pyridine rings is 1. The zero-order chi connectivity index (χ0) is 22.7. The van der Waals surface area contributed by atoms with Crippen molar-refractivity contribution in [2.75, 3.05) is 45.3 Å². The molecule has 0 radical (unpaired) electrons. The highest BCUT2D eigenvalue weighted by molar-refractivity contribution is 5.81. The van der Waals surface area contributed by atoms with Crippen LogP contribution in [0.1, 0.15) is 6.42 Å². The smallest absolute Gasteiger partial charge is 0.328 e. The summed E-state index contributed by atoms with van der Waals surface area (Å²) in [7, 11) is 2.95. The Hall–Kier alpha value is -3.82. The lowest BCUT2D eigenvalue weighted by atomic mass is 10.2. The highest BCUT2D eigenvalue weighted by Gasteiger charge is 2.22. The van der Waals surface area contributed by atoms with E-state index >= 15 is 0 Å². The number of rotatable bonds is 6. The molecule has 10 nitrogen and oxygen atoms in total. The maximum atomic E-state index is 12.9. The summed E-state index contributed by atoms with van der Waals surface area (Å²) >= 11 is 0. The largest absolute Gasteiger partial charge is 0.493 e. The van der Waals surface area contributed by atoms with Crippen LogP contribution in [0, 0.1) is 0 Å². The summed E-state index contributed by atoms with van der Waals surface area (Å²) in [5.41, 5.74) is -0.689. The molecular formula is C22H25N5O5. The number of carbonyl (C=O) groups excluding carboxylic acids is 1. The molecule has 1 amide bonds. The topological polar surface area (TPSA) is 110 Å². The molecular weight excluding hydrogens is 414 g/mol. The molecule has 1 aliphatic heterocycles. The zero-order valence-corrected chi connectivity index (χ0v) is 18.0. The number of fused-ring (bicyclic) bond motifs is 1. The van der Waals surface area contributed by atoms with Crippen LogP contribution >= 0.6 is 0 Å². The maximum Gasteiger partial charge on any atom is 0.328 e. The highest BCUT2D eigenvalue weighted by Crippen LogP contribution is 2.29. The van der Waals surface area contributed by atoms with Crippen LogP contribution in [-0.2, 0) is 11.3 Å². The first-order chi connectivity index (χ1) is 15.5. The van der Waals surface area contributed by atoms with Crippen LogP contribution in [0.3, 0.4) is 0 Å². The Kier molecular flexibility index (Phi) is 6.11. The second kappa shape index (κ2) is 9.13. The fourth-order valence-electron chi connectivity index (χ4n) is 3.87. The van der Waals surface area contributed by atoms with Crippen molar-refractivity contribution in [1.29, 1.82) is 0 Å². The second-order valence-electron chi connectivity index (χ2n) is 7.45. The van der Waals surface area contributed by atoms with E-state index in [1.54, 1.807) is 17.2 Å². The number of nitrogens with zero attached hydrogens (tertiary/aromatic N) is 4. The Labute approximate surface area is 184 Å². The van der Waals surface area contributed by atoms with Crippen molar-refractivity contribution >= 4 is 22.6 Å². The molecule has 168 valence electrons. The summed E-state index contributed by atoms with van der Waals surface area (Å²) in [4.78, 5) is 49.0. The fourth-order valence-corrected chi connectivity index (χ4v) is 3.87. The third-order valence-electron chi connectivity index (χ3n) is 5.64. The molecule has 10 heteroatoms. The number of carbonyl (C=O) groups is 1. The van der Waals surface area contributed by atoms with Gasteiger partial charge in [0.25, 0.3) is 5.56 Å². The van der Waals surface area contributed by atoms with Crippen molar-refractivity contribution in [2.24, 2.45) is 0 Å². The number of benzene rings is 1. The third-order valence-corrected chi connectivity index (χ3v) is 5.64.